The topological polar surface area (TPSA) is 122 Å². The Kier molecular flexibility index (Phi) is 7.55. The number of nitrogens with zero attached hydrogens (tertiary/aromatic N) is 1. The minimum atomic E-state index is -1.13. The molecular formula is C28H25N3O5. The van der Waals surface area contributed by atoms with E-state index in [1.807, 2.05) is 78.9 Å². The Labute approximate surface area is 208 Å². The van der Waals surface area contributed by atoms with E-state index in [9.17, 15) is 19.5 Å². The van der Waals surface area contributed by atoms with E-state index in [1.54, 1.807) is 0 Å². The third-order valence-corrected chi connectivity index (χ3v) is 5.58. The molecule has 3 N–H and O–H groups in total. The SMILES string of the molecule is CC(=O)Nc1cccc(-c2ccc(Cc3ocnc3C(=O)N[C@@H](Cc3ccccc3)C(=O)O)cc2)c1. The number of aromatic nitrogens is 1. The third-order valence-electron chi connectivity index (χ3n) is 5.58. The molecule has 0 radical (unpaired) electrons. The molecule has 182 valence electrons. The Bertz CT molecular complexity index is 1360. The Balaban J connectivity index is 1.45. The fraction of sp³-hybridized carbons (Fsp3) is 0.143. The van der Waals surface area contributed by atoms with E-state index in [4.69, 9.17) is 4.42 Å². The molecule has 3 aromatic carbocycles. The predicted octanol–water partition coefficient (Wildman–Crippen LogP) is 4.32. The normalized spacial score (nSPS) is 11.5. The minimum absolute atomic E-state index is 0.0568. The first-order valence-electron chi connectivity index (χ1n) is 11.4. The van der Waals surface area contributed by atoms with Gasteiger partial charge in [-0.3, -0.25) is 9.59 Å². The van der Waals surface area contributed by atoms with Gasteiger partial charge in [-0.1, -0.05) is 66.7 Å². The predicted molar refractivity (Wildman–Crippen MR) is 135 cm³/mol. The molecular weight excluding hydrogens is 458 g/mol. The van der Waals surface area contributed by atoms with Crippen LogP contribution in [0.1, 0.15) is 34.3 Å². The lowest BCUT2D eigenvalue weighted by Gasteiger charge is -2.14. The smallest absolute Gasteiger partial charge is 0.326 e. The average Bonchev–Trinajstić information content (AvgIpc) is 3.32. The van der Waals surface area contributed by atoms with E-state index in [0.29, 0.717) is 17.9 Å². The summed E-state index contributed by atoms with van der Waals surface area (Å²) < 4.78 is 5.46. The highest BCUT2D eigenvalue weighted by atomic mass is 16.4. The van der Waals surface area contributed by atoms with Gasteiger partial charge in [-0.25, -0.2) is 9.78 Å². The molecule has 1 heterocycles. The standard InChI is InChI=1S/C28H25N3O5/c1-18(32)30-23-9-5-8-22(16-23)21-12-10-20(11-13-21)15-25-26(29-17-36-25)27(33)31-24(28(34)35)14-19-6-3-2-4-7-19/h2-13,16-17,24H,14-15H2,1H3,(H,30,32)(H,31,33)(H,34,35)/t24-/m0/s1. The number of nitrogens with one attached hydrogen (secondary N) is 2. The molecule has 0 bridgehead atoms. The first-order valence-corrected chi connectivity index (χ1v) is 11.4. The maximum Gasteiger partial charge on any atom is 0.326 e. The first-order chi connectivity index (χ1) is 17.4. The lowest BCUT2D eigenvalue weighted by molar-refractivity contribution is -0.139. The largest absolute Gasteiger partial charge is 0.480 e. The van der Waals surface area contributed by atoms with Crippen LogP contribution in [0.25, 0.3) is 11.1 Å². The van der Waals surface area contributed by atoms with Gasteiger partial charge in [0.2, 0.25) is 5.91 Å². The van der Waals surface area contributed by atoms with Crippen molar-refractivity contribution in [2.45, 2.75) is 25.8 Å². The number of aliphatic carboxylic acids is 1. The maximum atomic E-state index is 12.8. The highest BCUT2D eigenvalue weighted by Gasteiger charge is 2.24. The van der Waals surface area contributed by atoms with Crippen LogP contribution in [-0.2, 0) is 22.4 Å². The van der Waals surface area contributed by atoms with Crippen molar-refractivity contribution in [3.63, 3.8) is 0 Å². The van der Waals surface area contributed by atoms with Crippen LogP contribution in [0.15, 0.2) is 89.7 Å². The van der Waals surface area contributed by atoms with Crippen molar-refractivity contribution >= 4 is 23.5 Å². The Morgan fingerprint density at radius 3 is 2.36 bits per heavy atom. The number of hydrogen-bond donors (Lipinski definition) is 3. The molecule has 4 aromatic rings. The number of benzene rings is 3. The summed E-state index contributed by atoms with van der Waals surface area (Å²) in [5, 5.41) is 14.9. The number of carbonyl (C=O) groups excluding carboxylic acids is 2. The highest BCUT2D eigenvalue weighted by molar-refractivity contribution is 5.96. The number of amides is 2. The van der Waals surface area contributed by atoms with Crippen molar-refractivity contribution in [1.29, 1.82) is 0 Å². The van der Waals surface area contributed by atoms with Crippen LogP contribution < -0.4 is 10.6 Å². The van der Waals surface area contributed by atoms with E-state index < -0.39 is 17.9 Å². The fourth-order valence-corrected chi connectivity index (χ4v) is 3.84. The van der Waals surface area contributed by atoms with Gasteiger partial charge in [-0.05, 0) is 34.4 Å². The number of carbonyl (C=O) groups is 3. The first kappa shape index (κ1) is 24.4. The van der Waals surface area contributed by atoms with Gasteiger partial charge in [0.25, 0.3) is 5.91 Å². The zero-order valence-electron chi connectivity index (χ0n) is 19.6. The van der Waals surface area contributed by atoms with Crippen molar-refractivity contribution in [3.8, 4) is 11.1 Å². The lowest BCUT2D eigenvalue weighted by atomic mass is 10.0. The van der Waals surface area contributed by atoms with Gasteiger partial charge in [0, 0.05) is 25.5 Å². The monoisotopic (exact) mass is 483 g/mol. The third kappa shape index (κ3) is 6.24. The van der Waals surface area contributed by atoms with Gasteiger partial charge in [-0.15, -0.1) is 0 Å². The summed E-state index contributed by atoms with van der Waals surface area (Å²) in [4.78, 5) is 39.9. The number of oxazole rings is 1. The Morgan fingerprint density at radius 1 is 0.917 bits per heavy atom. The van der Waals surface area contributed by atoms with Crippen molar-refractivity contribution in [2.75, 3.05) is 5.32 Å². The summed E-state index contributed by atoms with van der Waals surface area (Å²) in [7, 11) is 0. The molecule has 0 saturated heterocycles. The number of anilines is 1. The van der Waals surface area contributed by atoms with E-state index in [1.165, 1.54) is 13.3 Å². The fourth-order valence-electron chi connectivity index (χ4n) is 3.84. The van der Waals surface area contributed by atoms with Crippen LogP contribution in [-0.4, -0.2) is 33.9 Å². The Morgan fingerprint density at radius 2 is 1.67 bits per heavy atom. The molecule has 4 rings (SSSR count). The van der Waals surface area contributed by atoms with E-state index >= 15 is 0 Å². The molecule has 0 unspecified atom stereocenters. The molecule has 0 saturated carbocycles. The quantitative estimate of drug-likeness (QED) is 0.326. The molecule has 8 nitrogen and oxygen atoms in total. The molecule has 0 spiro atoms. The number of rotatable bonds is 9. The minimum Gasteiger partial charge on any atom is -0.480 e. The van der Waals surface area contributed by atoms with Crippen LogP contribution in [0.5, 0.6) is 0 Å². The summed E-state index contributed by atoms with van der Waals surface area (Å²) in [5.41, 5.74) is 4.38. The maximum absolute atomic E-state index is 12.8. The molecule has 0 aliphatic heterocycles. The second kappa shape index (κ2) is 11.1. The van der Waals surface area contributed by atoms with E-state index in [0.717, 1.165) is 22.3 Å². The molecule has 36 heavy (non-hydrogen) atoms. The molecule has 1 aromatic heterocycles. The van der Waals surface area contributed by atoms with Crippen molar-refractivity contribution < 1.29 is 23.9 Å². The van der Waals surface area contributed by atoms with E-state index in [2.05, 4.69) is 15.6 Å². The molecule has 1 atom stereocenters. The second-order valence-electron chi connectivity index (χ2n) is 8.31. The van der Waals surface area contributed by atoms with Gasteiger partial charge < -0.3 is 20.2 Å². The summed E-state index contributed by atoms with van der Waals surface area (Å²) in [6.45, 7) is 1.46. The summed E-state index contributed by atoms with van der Waals surface area (Å²) in [6, 6.07) is 23.3. The molecule has 0 aliphatic carbocycles. The van der Waals surface area contributed by atoms with Crippen LogP contribution in [0.3, 0.4) is 0 Å². The second-order valence-corrected chi connectivity index (χ2v) is 8.31. The van der Waals surface area contributed by atoms with Gasteiger partial charge in [-0.2, -0.15) is 0 Å². The average molecular weight is 484 g/mol. The van der Waals surface area contributed by atoms with Gasteiger partial charge in [0.1, 0.15) is 11.8 Å². The highest BCUT2D eigenvalue weighted by Crippen LogP contribution is 2.24. The molecule has 8 heteroatoms. The zero-order chi connectivity index (χ0) is 25.5. The number of carboxylic acids is 1. The van der Waals surface area contributed by atoms with Crippen molar-refractivity contribution in [3.05, 3.63) is 108 Å². The van der Waals surface area contributed by atoms with Crippen molar-refractivity contribution in [2.24, 2.45) is 0 Å². The lowest BCUT2D eigenvalue weighted by Crippen LogP contribution is -2.42. The molecule has 0 aliphatic rings. The Hall–Kier alpha value is -4.72. The van der Waals surface area contributed by atoms with Gasteiger partial charge in [0.15, 0.2) is 12.1 Å². The van der Waals surface area contributed by atoms with Crippen LogP contribution in [0.2, 0.25) is 0 Å². The van der Waals surface area contributed by atoms with Crippen LogP contribution in [0.4, 0.5) is 5.69 Å². The molecule has 2 amide bonds. The summed E-state index contributed by atoms with van der Waals surface area (Å²) >= 11 is 0. The van der Waals surface area contributed by atoms with Crippen LogP contribution >= 0.6 is 0 Å². The van der Waals surface area contributed by atoms with Gasteiger partial charge >= 0.3 is 5.97 Å². The summed E-state index contributed by atoms with van der Waals surface area (Å²) in [6.07, 6.45) is 1.64. The number of carboxylic acid groups (broad SMARTS) is 1. The van der Waals surface area contributed by atoms with E-state index in [-0.39, 0.29) is 18.0 Å². The zero-order valence-corrected chi connectivity index (χ0v) is 19.6. The number of hydrogen-bond acceptors (Lipinski definition) is 5. The summed E-state index contributed by atoms with van der Waals surface area (Å²) in [5.74, 6) is -1.52. The van der Waals surface area contributed by atoms with Crippen molar-refractivity contribution in [1.82, 2.24) is 10.3 Å². The molecule has 0 fully saturated rings. The van der Waals surface area contributed by atoms with Gasteiger partial charge in [0.05, 0.1) is 0 Å². The van der Waals surface area contributed by atoms with Crippen LogP contribution in [0, 0.1) is 0 Å².